The fourth-order valence-corrected chi connectivity index (χ4v) is 3.27. The van der Waals surface area contributed by atoms with Crippen molar-refractivity contribution in [2.24, 2.45) is 0 Å². The van der Waals surface area contributed by atoms with Crippen LogP contribution >= 0.6 is 0 Å². The first kappa shape index (κ1) is 24.8. The van der Waals surface area contributed by atoms with E-state index < -0.39 is 12.1 Å². The summed E-state index contributed by atoms with van der Waals surface area (Å²) in [6, 6.07) is 24.2. The first-order valence-electron chi connectivity index (χ1n) is 11.1. The summed E-state index contributed by atoms with van der Waals surface area (Å²) >= 11 is 0. The number of carboxylic acids is 1. The van der Waals surface area contributed by atoms with Crippen LogP contribution in [-0.4, -0.2) is 43.4 Å². The topological polar surface area (TPSA) is 94.1 Å². The molecule has 3 aromatic carbocycles. The molecule has 3 aromatic rings. The van der Waals surface area contributed by atoms with Gasteiger partial charge < -0.3 is 24.6 Å². The average Bonchev–Trinajstić information content (AvgIpc) is 2.84. The fourth-order valence-electron chi connectivity index (χ4n) is 3.27. The molecule has 0 fully saturated rings. The molecule has 3 rings (SSSR count). The lowest BCUT2D eigenvalue weighted by molar-refractivity contribution is -0.148. The number of hydrogen-bond acceptors (Lipinski definition) is 5. The minimum absolute atomic E-state index is 0.0644. The van der Waals surface area contributed by atoms with Crippen molar-refractivity contribution in [2.75, 3.05) is 25.6 Å². The van der Waals surface area contributed by atoms with E-state index in [-0.39, 0.29) is 5.91 Å². The van der Waals surface area contributed by atoms with E-state index in [0.717, 1.165) is 22.6 Å². The highest BCUT2D eigenvalue weighted by Crippen LogP contribution is 2.17. The molecule has 1 atom stereocenters. The lowest BCUT2D eigenvalue weighted by Crippen LogP contribution is -2.24. The van der Waals surface area contributed by atoms with Crippen molar-refractivity contribution in [3.8, 4) is 11.5 Å². The SMILES string of the molecule is CO[C@@H](Cc1ccc(OCCCOc2ccc(NC(=O)Cc3ccccc3)cc2)cc1)C(=O)O. The second-order valence-electron chi connectivity index (χ2n) is 7.70. The van der Waals surface area contributed by atoms with Gasteiger partial charge in [-0.25, -0.2) is 4.79 Å². The van der Waals surface area contributed by atoms with E-state index in [1.165, 1.54) is 7.11 Å². The van der Waals surface area contributed by atoms with Crippen LogP contribution in [-0.2, 0) is 27.2 Å². The molecular weight excluding hydrogens is 434 g/mol. The molecule has 2 N–H and O–H groups in total. The number of benzene rings is 3. The van der Waals surface area contributed by atoms with Crippen LogP contribution in [0.15, 0.2) is 78.9 Å². The smallest absolute Gasteiger partial charge is 0.333 e. The third-order valence-corrected chi connectivity index (χ3v) is 5.08. The van der Waals surface area contributed by atoms with E-state index in [1.54, 1.807) is 0 Å². The van der Waals surface area contributed by atoms with E-state index in [2.05, 4.69) is 5.32 Å². The average molecular weight is 464 g/mol. The Morgan fingerprint density at radius 1 is 0.824 bits per heavy atom. The van der Waals surface area contributed by atoms with Crippen LogP contribution in [0.5, 0.6) is 11.5 Å². The van der Waals surface area contributed by atoms with Gasteiger partial charge in [-0.05, 0) is 47.5 Å². The molecule has 0 unspecified atom stereocenters. The molecule has 0 saturated carbocycles. The molecule has 178 valence electrons. The van der Waals surface area contributed by atoms with Crippen LogP contribution < -0.4 is 14.8 Å². The van der Waals surface area contributed by atoms with E-state index in [4.69, 9.17) is 19.3 Å². The second-order valence-corrected chi connectivity index (χ2v) is 7.70. The third-order valence-electron chi connectivity index (χ3n) is 5.08. The molecule has 0 bridgehead atoms. The van der Waals surface area contributed by atoms with Crippen LogP contribution in [0.25, 0.3) is 0 Å². The predicted octanol–water partition coefficient (Wildman–Crippen LogP) is 4.36. The Hall–Kier alpha value is -3.84. The fraction of sp³-hybridized carbons (Fsp3) is 0.259. The van der Waals surface area contributed by atoms with Crippen LogP contribution in [0.1, 0.15) is 17.5 Å². The number of carbonyl (C=O) groups is 2. The number of hydrogen-bond donors (Lipinski definition) is 2. The van der Waals surface area contributed by atoms with Crippen molar-refractivity contribution in [3.05, 3.63) is 90.0 Å². The van der Waals surface area contributed by atoms with E-state index in [1.807, 2.05) is 78.9 Å². The number of methoxy groups -OCH3 is 1. The molecule has 0 aliphatic heterocycles. The molecule has 7 heteroatoms. The highest BCUT2D eigenvalue weighted by atomic mass is 16.5. The van der Waals surface area contributed by atoms with Gasteiger partial charge in [-0.15, -0.1) is 0 Å². The Bertz CT molecular complexity index is 1030. The molecule has 34 heavy (non-hydrogen) atoms. The zero-order valence-electron chi connectivity index (χ0n) is 19.1. The first-order chi connectivity index (χ1) is 16.5. The molecule has 0 radical (unpaired) electrons. The van der Waals surface area contributed by atoms with Crippen molar-refractivity contribution in [1.29, 1.82) is 0 Å². The Morgan fingerprint density at radius 2 is 1.41 bits per heavy atom. The van der Waals surface area contributed by atoms with Gasteiger partial charge in [0.2, 0.25) is 5.91 Å². The number of anilines is 1. The Balaban J connectivity index is 1.33. The van der Waals surface area contributed by atoms with Gasteiger partial charge in [0.05, 0.1) is 19.6 Å². The van der Waals surface area contributed by atoms with Crippen molar-refractivity contribution >= 4 is 17.6 Å². The van der Waals surface area contributed by atoms with Crippen LogP contribution in [0.3, 0.4) is 0 Å². The van der Waals surface area contributed by atoms with Gasteiger partial charge in [-0.2, -0.15) is 0 Å². The summed E-state index contributed by atoms with van der Waals surface area (Å²) in [5.74, 6) is 0.385. The van der Waals surface area contributed by atoms with Gasteiger partial charge in [0.1, 0.15) is 11.5 Å². The molecular formula is C27H29NO6. The number of carboxylic acid groups (broad SMARTS) is 1. The van der Waals surface area contributed by atoms with Crippen LogP contribution in [0, 0.1) is 0 Å². The molecule has 0 heterocycles. The van der Waals surface area contributed by atoms with Gasteiger partial charge >= 0.3 is 5.97 Å². The lowest BCUT2D eigenvalue weighted by Gasteiger charge is -2.11. The van der Waals surface area contributed by atoms with Gasteiger partial charge in [0, 0.05) is 25.6 Å². The molecule has 0 aliphatic carbocycles. The number of nitrogens with one attached hydrogen (secondary N) is 1. The van der Waals surface area contributed by atoms with E-state index in [0.29, 0.717) is 38.2 Å². The molecule has 1 amide bonds. The van der Waals surface area contributed by atoms with Crippen LogP contribution in [0.4, 0.5) is 5.69 Å². The Kier molecular flexibility index (Phi) is 9.49. The zero-order valence-corrected chi connectivity index (χ0v) is 19.1. The minimum atomic E-state index is -0.981. The molecule has 0 aromatic heterocycles. The van der Waals surface area contributed by atoms with Gasteiger partial charge in [0.25, 0.3) is 0 Å². The Labute approximate surface area is 199 Å². The molecule has 0 spiro atoms. The summed E-state index contributed by atoms with van der Waals surface area (Å²) in [6.45, 7) is 0.981. The number of carbonyl (C=O) groups excluding carboxylic acids is 1. The maximum absolute atomic E-state index is 12.1. The number of amides is 1. The summed E-state index contributed by atoms with van der Waals surface area (Å²) in [4.78, 5) is 23.2. The van der Waals surface area contributed by atoms with Crippen LogP contribution in [0.2, 0.25) is 0 Å². The number of ether oxygens (including phenoxy) is 3. The van der Waals surface area contributed by atoms with E-state index in [9.17, 15) is 9.59 Å². The number of rotatable bonds is 13. The second kappa shape index (κ2) is 13.0. The standard InChI is InChI=1S/C27H29NO6/c1-32-25(27(30)31)18-21-8-12-23(13-9-21)33-16-5-17-34-24-14-10-22(11-15-24)28-26(29)19-20-6-3-2-4-7-20/h2-4,6-15,25H,5,16-19H2,1H3,(H,28,29)(H,30,31)/t25-/m0/s1. The lowest BCUT2D eigenvalue weighted by atomic mass is 10.1. The van der Waals surface area contributed by atoms with Gasteiger partial charge in [-0.1, -0.05) is 42.5 Å². The zero-order chi connectivity index (χ0) is 24.2. The molecule has 7 nitrogen and oxygen atoms in total. The van der Waals surface area contributed by atoms with Gasteiger partial charge in [0.15, 0.2) is 6.10 Å². The van der Waals surface area contributed by atoms with Crippen molar-refractivity contribution in [1.82, 2.24) is 0 Å². The maximum atomic E-state index is 12.1. The highest BCUT2D eigenvalue weighted by molar-refractivity contribution is 5.92. The normalized spacial score (nSPS) is 11.4. The van der Waals surface area contributed by atoms with E-state index >= 15 is 0 Å². The molecule has 0 saturated heterocycles. The predicted molar refractivity (Wildman–Crippen MR) is 129 cm³/mol. The summed E-state index contributed by atoms with van der Waals surface area (Å²) in [7, 11) is 1.39. The quantitative estimate of drug-likeness (QED) is 0.366. The Morgan fingerprint density at radius 3 is 1.97 bits per heavy atom. The summed E-state index contributed by atoms with van der Waals surface area (Å²) in [5, 5.41) is 11.9. The van der Waals surface area contributed by atoms with Crippen molar-refractivity contribution in [2.45, 2.75) is 25.4 Å². The highest BCUT2D eigenvalue weighted by Gasteiger charge is 2.16. The third kappa shape index (κ3) is 8.26. The number of aliphatic carboxylic acids is 1. The van der Waals surface area contributed by atoms with Gasteiger partial charge in [-0.3, -0.25) is 4.79 Å². The monoisotopic (exact) mass is 463 g/mol. The largest absolute Gasteiger partial charge is 0.493 e. The first-order valence-corrected chi connectivity index (χ1v) is 11.1. The van der Waals surface area contributed by atoms with Crippen molar-refractivity contribution in [3.63, 3.8) is 0 Å². The molecule has 0 aliphatic rings. The summed E-state index contributed by atoms with van der Waals surface area (Å²) in [6.07, 6.45) is 0.471. The summed E-state index contributed by atoms with van der Waals surface area (Å²) < 4.78 is 16.4. The minimum Gasteiger partial charge on any atom is -0.493 e. The summed E-state index contributed by atoms with van der Waals surface area (Å²) in [5.41, 5.74) is 2.56. The maximum Gasteiger partial charge on any atom is 0.333 e. The van der Waals surface area contributed by atoms with Crippen molar-refractivity contribution < 1.29 is 28.9 Å².